The molecule has 2 rings (SSSR count). The van der Waals surface area contributed by atoms with Crippen LogP contribution in [-0.2, 0) is 6.42 Å². The maximum absolute atomic E-state index is 5.66. The molecule has 1 aromatic rings. The second kappa shape index (κ2) is 6.15. The minimum atomic E-state index is 0.429. The lowest BCUT2D eigenvalue weighted by Gasteiger charge is -2.19. The van der Waals surface area contributed by atoms with E-state index in [1.54, 1.807) is 0 Å². The molecule has 1 aromatic heterocycles. The molecule has 2 nitrogen and oxygen atoms in total. The normalized spacial score (nSPS) is 19.1. The minimum Gasteiger partial charge on any atom is -0.271 e. The topological polar surface area (TPSA) is 38.0 Å². The van der Waals surface area contributed by atoms with E-state index >= 15 is 0 Å². The predicted molar refractivity (Wildman–Crippen MR) is 73.4 cm³/mol. The first kappa shape index (κ1) is 12.6. The fourth-order valence-corrected chi connectivity index (χ4v) is 4.15. The Hall–Kier alpha value is 0.100. The summed E-state index contributed by atoms with van der Waals surface area (Å²) in [6.45, 7) is 0. The Morgan fingerprint density at radius 2 is 2.25 bits per heavy atom. The lowest BCUT2D eigenvalue weighted by Crippen LogP contribution is -2.37. The first-order chi connectivity index (χ1) is 7.79. The molecule has 0 saturated heterocycles. The van der Waals surface area contributed by atoms with Crippen molar-refractivity contribution in [2.24, 2.45) is 11.8 Å². The van der Waals surface area contributed by atoms with Gasteiger partial charge in [0.2, 0.25) is 0 Å². The van der Waals surface area contributed by atoms with E-state index < -0.39 is 0 Å². The monoisotopic (exact) mass is 302 g/mol. The molecule has 1 atom stereocenters. The molecule has 0 bridgehead atoms. The summed E-state index contributed by atoms with van der Waals surface area (Å²) >= 11 is 5.39. The standard InChI is InChI=1S/C12H19BrN2S/c13-11-5-6-16-12(11)8-10(15-14)7-9-3-1-2-4-9/h5-6,9-10,15H,1-4,7-8,14H2. The molecular formula is C12H19BrN2S. The van der Waals surface area contributed by atoms with Crippen LogP contribution in [0.25, 0.3) is 0 Å². The Balaban J connectivity index is 1.87. The number of nitrogens with one attached hydrogen (secondary N) is 1. The average molecular weight is 303 g/mol. The van der Waals surface area contributed by atoms with Crippen molar-refractivity contribution in [2.45, 2.75) is 44.6 Å². The van der Waals surface area contributed by atoms with Crippen LogP contribution in [0.2, 0.25) is 0 Å². The Labute approximate surface area is 110 Å². The zero-order valence-electron chi connectivity index (χ0n) is 9.42. The first-order valence-corrected chi connectivity index (χ1v) is 7.65. The predicted octanol–water partition coefficient (Wildman–Crippen LogP) is 3.47. The Bertz CT molecular complexity index is 321. The number of nitrogens with two attached hydrogens (primary N) is 1. The molecule has 1 fully saturated rings. The maximum Gasteiger partial charge on any atom is 0.0314 e. The van der Waals surface area contributed by atoms with Crippen molar-refractivity contribution in [3.8, 4) is 0 Å². The number of thiophene rings is 1. The van der Waals surface area contributed by atoms with Crippen molar-refractivity contribution >= 4 is 27.3 Å². The van der Waals surface area contributed by atoms with Crippen molar-refractivity contribution in [3.05, 3.63) is 20.8 Å². The van der Waals surface area contributed by atoms with Crippen molar-refractivity contribution in [1.82, 2.24) is 5.43 Å². The van der Waals surface area contributed by atoms with Gasteiger partial charge in [-0.05, 0) is 46.1 Å². The van der Waals surface area contributed by atoms with Gasteiger partial charge < -0.3 is 0 Å². The van der Waals surface area contributed by atoms with Gasteiger partial charge in [0.1, 0.15) is 0 Å². The third kappa shape index (κ3) is 3.29. The molecule has 0 aromatic carbocycles. The highest BCUT2D eigenvalue weighted by Crippen LogP contribution is 2.30. The third-order valence-corrected chi connectivity index (χ3v) is 5.40. The van der Waals surface area contributed by atoms with Crippen LogP contribution in [0.4, 0.5) is 0 Å². The van der Waals surface area contributed by atoms with Crippen LogP contribution in [-0.4, -0.2) is 6.04 Å². The number of halogens is 1. The van der Waals surface area contributed by atoms with Crippen LogP contribution in [0.1, 0.15) is 37.0 Å². The summed E-state index contributed by atoms with van der Waals surface area (Å²) in [7, 11) is 0. The van der Waals surface area contributed by atoms with Crippen LogP contribution < -0.4 is 11.3 Å². The number of hydrogen-bond donors (Lipinski definition) is 2. The highest BCUT2D eigenvalue weighted by Gasteiger charge is 2.20. The summed E-state index contributed by atoms with van der Waals surface area (Å²) in [5, 5.41) is 2.13. The second-order valence-electron chi connectivity index (χ2n) is 4.65. The molecular weight excluding hydrogens is 284 g/mol. The number of hydrogen-bond acceptors (Lipinski definition) is 3. The highest BCUT2D eigenvalue weighted by molar-refractivity contribution is 9.10. The van der Waals surface area contributed by atoms with Gasteiger partial charge in [0.15, 0.2) is 0 Å². The highest BCUT2D eigenvalue weighted by atomic mass is 79.9. The van der Waals surface area contributed by atoms with Crippen molar-refractivity contribution in [2.75, 3.05) is 0 Å². The smallest absolute Gasteiger partial charge is 0.0314 e. The number of hydrazine groups is 1. The fraction of sp³-hybridized carbons (Fsp3) is 0.667. The third-order valence-electron chi connectivity index (χ3n) is 3.45. The first-order valence-electron chi connectivity index (χ1n) is 5.97. The van der Waals surface area contributed by atoms with Crippen molar-refractivity contribution in [1.29, 1.82) is 0 Å². The van der Waals surface area contributed by atoms with Crippen LogP contribution in [0.15, 0.2) is 15.9 Å². The molecule has 1 aliphatic carbocycles. The summed E-state index contributed by atoms with van der Waals surface area (Å²) < 4.78 is 1.23. The van der Waals surface area contributed by atoms with Crippen LogP contribution >= 0.6 is 27.3 Å². The van der Waals surface area contributed by atoms with Gasteiger partial charge in [0, 0.05) is 15.4 Å². The Morgan fingerprint density at radius 1 is 1.50 bits per heavy atom. The Kier molecular flexibility index (Phi) is 4.82. The van der Waals surface area contributed by atoms with E-state index in [0.29, 0.717) is 6.04 Å². The van der Waals surface area contributed by atoms with Gasteiger partial charge in [-0.1, -0.05) is 25.7 Å². The van der Waals surface area contributed by atoms with Gasteiger partial charge in [-0.2, -0.15) is 0 Å². The summed E-state index contributed by atoms with van der Waals surface area (Å²) in [6, 6.07) is 2.54. The molecule has 16 heavy (non-hydrogen) atoms. The van der Waals surface area contributed by atoms with Gasteiger partial charge in [-0.25, -0.2) is 0 Å². The SMILES string of the molecule is NNC(Cc1sccc1Br)CC1CCCC1. The molecule has 1 heterocycles. The summed E-state index contributed by atoms with van der Waals surface area (Å²) in [5.41, 5.74) is 2.98. The fourth-order valence-electron chi connectivity index (χ4n) is 2.55. The van der Waals surface area contributed by atoms with E-state index in [1.165, 1.54) is 41.5 Å². The zero-order chi connectivity index (χ0) is 11.4. The molecule has 90 valence electrons. The molecule has 0 aliphatic heterocycles. The van der Waals surface area contributed by atoms with Crippen LogP contribution in [0.3, 0.4) is 0 Å². The molecule has 1 saturated carbocycles. The van der Waals surface area contributed by atoms with Crippen LogP contribution in [0, 0.1) is 5.92 Å². The van der Waals surface area contributed by atoms with Crippen LogP contribution in [0.5, 0.6) is 0 Å². The zero-order valence-corrected chi connectivity index (χ0v) is 11.8. The minimum absolute atomic E-state index is 0.429. The molecule has 4 heteroatoms. The average Bonchev–Trinajstić information content (AvgIpc) is 2.90. The largest absolute Gasteiger partial charge is 0.271 e. The summed E-state index contributed by atoms with van der Waals surface area (Å²) in [5.74, 6) is 6.55. The van der Waals surface area contributed by atoms with E-state index in [2.05, 4.69) is 32.8 Å². The summed E-state index contributed by atoms with van der Waals surface area (Å²) in [6.07, 6.45) is 7.87. The van der Waals surface area contributed by atoms with Gasteiger partial charge in [-0.3, -0.25) is 11.3 Å². The van der Waals surface area contributed by atoms with Crippen molar-refractivity contribution < 1.29 is 0 Å². The lowest BCUT2D eigenvalue weighted by molar-refractivity contribution is 0.390. The molecule has 1 aliphatic rings. The summed E-state index contributed by atoms with van der Waals surface area (Å²) in [4.78, 5) is 1.40. The maximum atomic E-state index is 5.66. The quantitative estimate of drug-likeness (QED) is 0.646. The number of rotatable bonds is 5. The van der Waals surface area contributed by atoms with E-state index in [4.69, 9.17) is 5.84 Å². The lowest BCUT2D eigenvalue weighted by atomic mass is 9.96. The molecule has 0 spiro atoms. The molecule has 3 N–H and O–H groups in total. The van der Waals surface area contributed by atoms with Gasteiger partial charge in [0.05, 0.1) is 0 Å². The molecule has 0 amide bonds. The van der Waals surface area contributed by atoms with Gasteiger partial charge in [-0.15, -0.1) is 11.3 Å². The van der Waals surface area contributed by atoms with Gasteiger partial charge >= 0.3 is 0 Å². The second-order valence-corrected chi connectivity index (χ2v) is 6.50. The van der Waals surface area contributed by atoms with Crippen molar-refractivity contribution in [3.63, 3.8) is 0 Å². The van der Waals surface area contributed by atoms with E-state index in [1.807, 2.05) is 11.3 Å². The van der Waals surface area contributed by atoms with E-state index in [-0.39, 0.29) is 0 Å². The van der Waals surface area contributed by atoms with E-state index in [9.17, 15) is 0 Å². The Morgan fingerprint density at radius 3 is 2.81 bits per heavy atom. The molecule has 0 radical (unpaired) electrons. The molecule has 1 unspecified atom stereocenters. The van der Waals surface area contributed by atoms with E-state index in [0.717, 1.165) is 12.3 Å². The van der Waals surface area contributed by atoms with Gasteiger partial charge in [0.25, 0.3) is 0 Å².